The first-order valence-electron chi connectivity index (χ1n) is 4.33. The number of halogens is 1. The van der Waals surface area contributed by atoms with Crippen LogP contribution in [0, 0.1) is 0 Å². The van der Waals surface area contributed by atoms with Crippen LogP contribution in [0.4, 0.5) is 0 Å². The average molecular weight is 188 g/mol. The van der Waals surface area contributed by atoms with Crippen LogP contribution in [0.3, 0.4) is 0 Å². The monoisotopic (exact) mass is 187 g/mol. The van der Waals surface area contributed by atoms with E-state index in [2.05, 4.69) is 17.5 Å². The third kappa shape index (κ3) is 3.26. The summed E-state index contributed by atoms with van der Waals surface area (Å²) in [5.41, 5.74) is 0. The number of nitrogens with one attached hydrogen (secondary N) is 1. The van der Waals surface area contributed by atoms with Gasteiger partial charge in [-0.05, 0) is 19.3 Å². The second-order valence-corrected chi connectivity index (χ2v) is 3.38. The first kappa shape index (κ1) is 9.59. The van der Waals surface area contributed by atoms with E-state index in [0.717, 1.165) is 19.3 Å². The Morgan fingerprint density at radius 3 is 2.75 bits per heavy atom. The molecule has 1 amide bonds. The first-order valence-corrected chi connectivity index (χ1v) is 4.86. The highest BCUT2D eigenvalue weighted by Gasteiger charge is 2.12. The fourth-order valence-corrected chi connectivity index (χ4v) is 1.40. The van der Waals surface area contributed by atoms with Crippen LogP contribution in [0.1, 0.15) is 25.7 Å². The van der Waals surface area contributed by atoms with Crippen LogP contribution >= 0.6 is 11.6 Å². The van der Waals surface area contributed by atoms with Crippen molar-refractivity contribution >= 4 is 17.5 Å². The summed E-state index contributed by atoms with van der Waals surface area (Å²) in [4.78, 5) is 11.2. The topological polar surface area (TPSA) is 29.1 Å². The predicted molar refractivity (Wildman–Crippen MR) is 50.3 cm³/mol. The number of hydrogen-bond donors (Lipinski definition) is 1. The molecular weight excluding hydrogens is 174 g/mol. The Kier molecular flexibility index (Phi) is 4.15. The van der Waals surface area contributed by atoms with Crippen molar-refractivity contribution in [3.8, 4) is 0 Å². The Labute approximate surface area is 78.0 Å². The first-order chi connectivity index (χ1) is 5.83. The lowest BCUT2D eigenvalue weighted by Crippen LogP contribution is -2.32. The van der Waals surface area contributed by atoms with Crippen molar-refractivity contribution in [2.45, 2.75) is 31.7 Å². The highest BCUT2D eigenvalue weighted by atomic mass is 35.5. The van der Waals surface area contributed by atoms with Gasteiger partial charge in [-0.2, -0.15) is 0 Å². The fraction of sp³-hybridized carbons (Fsp3) is 0.667. The molecule has 12 heavy (non-hydrogen) atoms. The SMILES string of the molecule is O=C(CCCCl)NC1CC=CC1. The number of carbonyl (C=O) groups is 1. The van der Waals surface area contributed by atoms with Crippen LogP contribution in [0.15, 0.2) is 12.2 Å². The van der Waals surface area contributed by atoms with Crippen LogP contribution in [0.25, 0.3) is 0 Å². The molecule has 0 spiro atoms. The number of rotatable bonds is 4. The molecule has 2 nitrogen and oxygen atoms in total. The molecule has 0 unspecified atom stereocenters. The molecule has 3 heteroatoms. The van der Waals surface area contributed by atoms with Crippen molar-refractivity contribution in [1.82, 2.24) is 5.32 Å². The highest BCUT2D eigenvalue weighted by molar-refractivity contribution is 6.17. The predicted octanol–water partition coefficient (Wildman–Crippen LogP) is 1.84. The molecular formula is C9H14ClNO. The Morgan fingerprint density at radius 2 is 2.17 bits per heavy atom. The molecule has 0 aliphatic heterocycles. The van der Waals surface area contributed by atoms with Gasteiger partial charge in [0.1, 0.15) is 0 Å². The fourth-order valence-electron chi connectivity index (χ4n) is 1.26. The van der Waals surface area contributed by atoms with Crippen molar-refractivity contribution in [1.29, 1.82) is 0 Å². The van der Waals surface area contributed by atoms with E-state index in [1.807, 2.05) is 0 Å². The largest absolute Gasteiger partial charge is 0.353 e. The van der Waals surface area contributed by atoms with E-state index < -0.39 is 0 Å². The molecule has 0 aromatic carbocycles. The standard InChI is InChI=1S/C9H14ClNO/c10-7-3-6-9(12)11-8-4-1-2-5-8/h1-2,8H,3-7H2,(H,11,12). The average Bonchev–Trinajstić information content (AvgIpc) is 2.53. The van der Waals surface area contributed by atoms with Gasteiger partial charge in [0, 0.05) is 18.3 Å². The zero-order chi connectivity index (χ0) is 8.81. The van der Waals surface area contributed by atoms with E-state index in [4.69, 9.17) is 11.6 Å². The number of hydrogen-bond acceptors (Lipinski definition) is 1. The van der Waals surface area contributed by atoms with Crippen LogP contribution in [0.5, 0.6) is 0 Å². The van der Waals surface area contributed by atoms with E-state index in [9.17, 15) is 4.79 Å². The van der Waals surface area contributed by atoms with Gasteiger partial charge in [0.15, 0.2) is 0 Å². The minimum Gasteiger partial charge on any atom is -0.353 e. The molecule has 1 N–H and O–H groups in total. The quantitative estimate of drug-likeness (QED) is 0.528. The summed E-state index contributed by atoms with van der Waals surface area (Å²) in [6.07, 6.45) is 7.49. The zero-order valence-corrected chi connectivity index (χ0v) is 7.81. The van der Waals surface area contributed by atoms with Crippen molar-refractivity contribution in [2.75, 3.05) is 5.88 Å². The van der Waals surface area contributed by atoms with E-state index in [1.54, 1.807) is 0 Å². The summed E-state index contributed by atoms with van der Waals surface area (Å²) in [5, 5.41) is 2.95. The highest BCUT2D eigenvalue weighted by Crippen LogP contribution is 2.09. The molecule has 0 aromatic rings. The van der Waals surface area contributed by atoms with E-state index >= 15 is 0 Å². The van der Waals surface area contributed by atoms with Crippen molar-refractivity contribution in [2.24, 2.45) is 0 Å². The van der Waals surface area contributed by atoms with Gasteiger partial charge in [-0.3, -0.25) is 4.79 Å². The summed E-state index contributed by atoms with van der Waals surface area (Å²) in [7, 11) is 0. The van der Waals surface area contributed by atoms with Gasteiger partial charge in [0.2, 0.25) is 5.91 Å². The zero-order valence-electron chi connectivity index (χ0n) is 7.05. The molecule has 1 aliphatic carbocycles. The molecule has 0 saturated heterocycles. The molecule has 0 aromatic heterocycles. The summed E-state index contributed by atoms with van der Waals surface area (Å²) in [6.45, 7) is 0. The van der Waals surface area contributed by atoms with Gasteiger partial charge in [0.05, 0.1) is 0 Å². The maximum absolute atomic E-state index is 11.2. The Bertz CT molecular complexity index is 171. The van der Waals surface area contributed by atoms with Gasteiger partial charge in [0.25, 0.3) is 0 Å². The summed E-state index contributed by atoms with van der Waals surface area (Å²) < 4.78 is 0. The molecule has 68 valence electrons. The lowest BCUT2D eigenvalue weighted by atomic mass is 10.2. The van der Waals surface area contributed by atoms with Crippen molar-refractivity contribution in [3.05, 3.63) is 12.2 Å². The molecule has 1 rings (SSSR count). The Morgan fingerprint density at radius 1 is 1.50 bits per heavy atom. The third-order valence-corrected chi connectivity index (χ3v) is 2.18. The summed E-state index contributed by atoms with van der Waals surface area (Å²) >= 11 is 5.47. The molecule has 1 aliphatic rings. The molecule has 0 fully saturated rings. The Balaban J connectivity index is 2.09. The smallest absolute Gasteiger partial charge is 0.220 e. The Hall–Kier alpha value is -0.500. The lowest BCUT2D eigenvalue weighted by Gasteiger charge is -2.10. The molecule has 0 radical (unpaired) electrons. The molecule has 0 saturated carbocycles. The summed E-state index contributed by atoms with van der Waals surface area (Å²) in [6, 6.07) is 0.341. The molecule has 0 heterocycles. The summed E-state index contributed by atoms with van der Waals surface area (Å²) in [5.74, 6) is 0.695. The van der Waals surface area contributed by atoms with Crippen LogP contribution < -0.4 is 5.32 Å². The second kappa shape index (κ2) is 5.20. The lowest BCUT2D eigenvalue weighted by molar-refractivity contribution is -0.121. The van der Waals surface area contributed by atoms with E-state index in [0.29, 0.717) is 18.3 Å². The van der Waals surface area contributed by atoms with Gasteiger partial charge in [-0.1, -0.05) is 12.2 Å². The number of carbonyl (C=O) groups excluding carboxylic acids is 1. The van der Waals surface area contributed by atoms with Gasteiger partial charge in [-0.25, -0.2) is 0 Å². The van der Waals surface area contributed by atoms with E-state index in [-0.39, 0.29) is 5.91 Å². The molecule has 0 atom stereocenters. The minimum absolute atomic E-state index is 0.129. The maximum Gasteiger partial charge on any atom is 0.220 e. The van der Waals surface area contributed by atoms with Crippen LogP contribution in [-0.2, 0) is 4.79 Å². The number of alkyl halides is 1. The van der Waals surface area contributed by atoms with Crippen molar-refractivity contribution < 1.29 is 4.79 Å². The normalized spacial score (nSPS) is 16.8. The van der Waals surface area contributed by atoms with Gasteiger partial charge >= 0.3 is 0 Å². The van der Waals surface area contributed by atoms with E-state index in [1.165, 1.54) is 0 Å². The third-order valence-electron chi connectivity index (χ3n) is 1.91. The van der Waals surface area contributed by atoms with Crippen LogP contribution in [0.2, 0.25) is 0 Å². The van der Waals surface area contributed by atoms with Gasteiger partial charge < -0.3 is 5.32 Å². The second-order valence-electron chi connectivity index (χ2n) is 3.00. The maximum atomic E-state index is 11.2. The van der Waals surface area contributed by atoms with Crippen LogP contribution in [-0.4, -0.2) is 17.8 Å². The van der Waals surface area contributed by atoms with Gasteiger partial charge in [-0.15, -0.1) is 11.6 Å². The molecule has 0 bridgehead atoms. The number of amides is 1. The van der Waals surface area contributed by atoms with Crippen molar-refractivity contribution in [3.63, 3.8) is 0 Å². The minimum atomic E-state index is 0.129.